The first-order valence-electron chi connectivity index (χ1n) is 9.63. The zero-order valence-electron chi connectivity index (χ0n) is 17.0. The highest BCUT2D eigenvalue weighted by Gasteiger charge is 2.19. The molecule has 0 fully saturated rings. The molecule has 0 unspecified atom stereocenters. The molecule has 2 rings (SSSR count). The number of ether oxygens (including phenoxy) is 1. The van der Waals surface area contributed by atoms with Gasteiger partial charge in [0.15, 0.2) is 0 Å². The summed E-state index contributed by atoms with van der Waals surface area (Å²) in [6.07, 6.45) is 0.129. The molecular weight excluding hydrogens is 370 g/mol. The van der Waals surface area contributed by atoms with Gasteiger partial charge in [-0.1, -0.05) is 31.2 Å². The van der Waals surface area contributed by atoms with Gasteiger partial charge in [0.2, 0.25) is 5.91 Å². The van der Waals surface area contributed by atoms with E-state index in [1.54, 1.807) is 31.2 Å². The monoisotopic (exact) mass is 397 g/mol. The van der Waals surface area contributed by atoms with E-state index in [0.717, 1.165) is 11.3 Å². The first-order valence-corrected chi connectivity index (χ1v) is 9.63. The SMILES string of the molecule is CCCN(CC(=O)Nc1ccccc1C)C(=O)c1cccc(NC(=O)OCC)c1. The fourth-order valence-corrected chi connectivity index (χ4v) is 2.80. The third-order valence-corrected chi connectivity index (χ3v) is 4.17. The molecule has 0 aromatic heterocycles. The summed E-state index contributed by atoms with van der Waals surface area (Å²) in [7, 11) is 0. The van der Waals surface area contributed by atoms with Crippen molar-refractivity contribution in [2.24, 2.45) is 0 Å². The Morgan fingerprint density at radius 3 is 2.45 bits per heavy atom. The summed E-state index contributed by atoms with van der Waals surface area (Å²) in [4.78, 5) is 38.5. The number of hydrogen-bond acceptors (Lipinski definition) is 4. The molecule has 0 saturated carbocycles. The number of nitrogens with zero attached hydrogens (tertiary/aromatic N) is 1. The minimum Gasteiger partial charge on any atom is -0.450 e. The van der Waals surface area contributed by atoms with Crippen molar-refractivity contribution in [3.8, 4) is 0 Å². The number of carbonyl (C=O) groups excluding carboxylic acids is 3. The second kappa shape index (κ2) is 10.8. The van der Waals surface area contributed by atoms with Crippen LogP contribution in [0.15, 0.2) is 48.5 Å². The zero-order valence-corrected chi connectivity index (χ0v) is 17.0. The molecule has 0 radical (unpaired) electrons. The van der Waals surface area contributed by atoms with E-state index in [9.17, 15) is 14.4 Å². The fraction of sp³-hybridized carbons (Fsp3) is 0.318. The van der Waals surface area contributed by atoms with Crippen LogP contribution in [0.4, 0.5) is 16.2 Å². The van der Waals surface area contributed by atoms with Gasteiger partial charge in [0.05, 0.1) is 6.61 Å². The van der Waals surface area contributed by atoms with Crippen molar-refractivity contribution in [1.82, 2.24) is 4.90 Å². The quantitative estimate of drug-likeness (QED) is 0.703. The topological polar surface area (TPSA) is 87.7 Å². The number of para-hydroxylation sites is 1. The van der Waals surface area contributed by atoms with Crippen LogP contribution in [0.5, 0.6) is 0 Å². The fourth-order valence-electron chi connectivity index (χ4n) is 2.80. The molecule has 2 N–H and O–H groups in total. The van der Waals surface area contributed by atoms with Gasteiger partial charge < -0.3 is 15.0 Å². The summed E-state index contributed by atoms with van der Waals surface area (Å²) in [6, 6.07) is 14.0. The van der Waals surface area contributed by atoms with Crippen LogP contribution < -0.4 is 10.6 Å². The maximum atomic E-state index is 13.0. The molecule has 2 aromatic rings. The predicted molar refractivity (Wildman–Crippen MR) is 113 cm³/mol. The summed E-state index contributed by atoms with van der Waals surface area (Å²) < 4.78 is 4.85. The van der Waals surface area contributed by atoms with Gasteiger partial charge in [-0.3, -0.25) is 14.9 Å². The van der Waals surface area contributed by atoms with Crippen LogP contribution in [-0.2, 0) is 9.53 Å². The molecule has 0 aliphatic heterocycles. The van der Waals surface area contributed by atoms with Crippen LogP contribution in [0.25, 0.3) is 0 Å². The number of benzene rings is 2. The molecule has 2 aromatic carbocycles. The van der Waals surface area contributed by atoms with E-state index >= 15 is 0 Å². The summed E-state index contributed by atoms with van der Waals surface area (Å²) in [5.74, 6) is -0.541. The van der Waals surface area contributed by atoms with Gasteiger partial charge in [-0.15, -0.1) is 0 Å². The normalized spacial score (nSPS) is 10.2. The molecule has 29 heavy (non-hydrogen) atoms. The van der Waals surface area contributed by atoms with Crippen molar-refractivity contribution >= 4 is 29.3 Å². The molecule has 0 heterocycles. The zero-order chi connectivity index (χ0) is 21.2. The third kappa shape index (κ3) is 6.64. The Labute approximate surface area is 171 Å². The maximum absolute atomic E-state index is 13.0. The highest BCUT2D eigenvalue weighted by atomic mass is 16.5. The lowest BCUT2D eigenvalue weighted by Gasteiger charge is -2.22. The van der Waals surface area contributed by atoms with Crippen molar-refractivity contribution in [3.05, 3.63) is 59.7 Å². The molecular formula is C22H27N3O4. The molecule has 0 atom stereocenters. The number of carbonyl (C=O) groups is 3. The smallest absolute Gasteiger partial charge is 0.411 e. The van der Waals surface area contributed by atoms with Crippen molar-refractivity contribution in [2.45, 2.75) is 27.2 Å². The maximum Gasteiger partial charge on any atom is 0.411 e. The van der Waals surface area contributed by atoms with E-state index in [1.807, 2.05) is 38.1 Å². The standard InChI is InChI=1S/C22H27N3O4/c1-4-13-25(15-20(26)24-19-12-7-6-9-16(19)3)21(27)17-10-8-11-18(14-17)23-22(28)29-5-2/h6-12,14H,4-5,13,15H2,1-3H3,(H,23,28)(H,24,26). The van der Waals surface area contributed by atoms with E-state index in [0.29, 0.717) is 24.2 Å². The van der Waals surface area contributed by atoms with Crippen LogP contribution in [0.3, 0.4) is 0 Å². The van der Waals surface area contributed by atoms with Crippen LogP contribution >= 0.6 is 0 Å². The second-order valence-electron chi connectivity index (χ2n) is 6.52. The van der Waals surface area contributed by atoms with Crippen LogP contribution in [0.1, 0.15) is 36.2 Å². The molecule has 7 nitrogen and oxygen atoms in total. The highest BCUT2D eigenvalue weighted by Crippen LogP contribution is 2.15. The number of amides is 3. The molecule has 0 bridgehead atoms. The van der Waals surface area contributed by atoms with Gasteiger partial charge in [0.1, 0.15) is 6.54 Å². The Bertz CT molecular complexity index is 867. The van der Waals surface area contributed by atoms with Crippen molar-refractivity contribution in [2.75, 3.05) is 30.3 Å². The van der Waals surface area contributed by atoms with Gasteiger partial charge in [0.25, 0.3) is 5.91 Å². The van der Waals surface area contributed by atoms with Crippen LogP contribution in [-0.4, -0.2) is 42.5 Å². The minimum absolute atomic E-state index is 0.0590. The van der Waals surface area contributed by atoms with Gasteiger partial charge >= 0.3 is 6.09 Å². The number of hydrogen-bond donors (Lipinski definition) is 2. The molecule has 0 saturated heterocycles. The largest absolute Gasteiger partial charge is 0.450 e. The average Bonchev–Trinajstić information content (AvgIpc) is 2.69. The first kappa shape index (κ1) is 21.9. The third-order valence-electron chi connectivity index (χ3n) is 4.17. The summed E-state index contributed by atoms with van der Waals surface area (Å²) in [5.41, 5.74) is 2.51. The van der Waals surface area contributed by atoms with Crippen molar-refractivity contribution in [3.63, 3.8) is 0 Å². The van der Waals surface area contributed by atoms with E-state index in [1.165, 1.54) is 4.90 Å². The Balaban J connectivity index is 2.09. The van der Waals surface area contributed by atoms with Gasteiger partial charge in [0, 0.05) is 23.5 Å². The minimum atomic E-state index is -0.583. The molecule has 3 amide bonds. The number of aryl methyl sites for hydroxylation is 1. The number of rotatable bonds is 8. The Morgan fingerprint density at radius 1 is 1.00 bits per heavy atom. The van der Waals surface area contributed by atoms with E-state index < -0.39 is 6.09 Å². The lowest BCUT2D eigenvalue weighted by molar-refractivity contribution is -0.116. The van der Waals surface area contributed by atoms with Gasteiger partial charge in [-0.05, 0) is 50.1 Å². The van der Waals surface area contributed by atoms with E-state index in [-0.39, 0.29) is 25.0 Å². The van der Waals surface area contributed by atoms with Crippen molar-refractivity contribution in [1.29, 1.82) is 0 Å². The Hall–Kier alpha value is -3.35. The van der Waals surface area contributed by atoms with Crippen LogP contribution in [0, 0.1) is 6.92 Å². The lowest BCUT2D eigenvalue weighted by atomic mass is 10.1. The Morgan fingerprint density at radius 2 is 1.76 bits per heavy atom. The van der Waals surface area contributed by atoms with Gasteiger partial charge in [-0.2, -0.15) is 0 Å². The summed E-state index contributed by atoms with van der Waals surface area (Å²) in [5, 5.41) is 5.43. The molecule has 0 aliphatic rings. The van der Waals surface area contributed by atoms with E-state index in [4.69, 9.17) is 4.74 Å². The molecule has 0 spiro atoms. The molecule has 154 valence electrons. The van der Waals surface area contributed by atoms with Crippen LogP contribution in [0.2, 0.25) is 0 Å². The van der Waals surface area contributed by atoms with Gasteiger partial charge in [-0.25, -0.2) is 4.79 Å². The number of nitrogens with one attached hydrogen (secondary N) is 2. The Kier molecular flexibility index (Phi) is 8.21. The molecule has 7 heteroatoms. The lowest BCUT2D eigenvalue weighted by Crippen LogP contribution is -2.38. The highest BCUT2D eigenvalue weighted by molar-refractivity contribution is 6.00. The van der Waals surface area contributed by atoms with E-state index in [2.05, 4.69) is 10.6 Å². The van der Waals surface area contributed by atoms with Crippen molar-refractivity contribution < 1.29 is 19.1 Å². The summed E-state index contributed by atoms with van der Waals surface area (Å²) >= 11 is 0. The first-order chi connectivity index (χ1) is 13.9. The predicted octanol–water partition coefficient (Wildman–Crippen LogP) is 4.05. The molecule has 0 aliphatic carbocycles. The second-order valence-corrected chi connectivity index (χ2v) is 6.52. The number of anilines is 2. The summed E-state index contributed by atoms with van der Waals surface area (Å²) in [6.45, 7) is 6.20. The average molecular weight is 397 g/mol.